The molecule has 19 heavy (non-hydrogen) atoms. The van der Waals surface area contributed by atoms with E-state index in [4.69, 9.17) is 10.2 Å². The van der Waals surface area contributed by atoms with Gasteiger partial charge in [0.1, 0.15) is 11.5 Å². The summed E-state index contributed by atoms with van der Waals surface area (Å²) in [5.41, 5.74) is 5.14. The largest absolute Gasteiger partial charge is 0.462 e. The van der Waals surface area contributed by atoms with Crippen LogP contribution in [-0.2, 0) is 9.59 Å². The highest BCUT2D eigenvalue weighted by Gasteiger charge is 2.12. The van der Waals surface area contributed by atoms with Crippen molar-refractivity contribution >= 4 is 17.9 Å². The fourth-order valence-electron chi connectivity index (χ4n) is 1.61. The van der Waals surface area contributed by atoms with Gasteiger partial charge in [-0.15, -0.1) is 0 Å². The summed E-state index contributed by atoms with van der Waals surface area (Å²) in [6.45, 7) is 4.33. The molecule has 0 atom stereocenters. The van der Waals surface area contributed by atoms with E-state index in [0.717, 1.165) is 18.6 Å². The summed E-state index contributed by atoms with van der Waals surface area (Å²) in [4.78, 5) is 24.3. The molecule has 2 amide bonds. The molecule has 5 nitrogen and oxygen atoms in total. The van der Waals surface area contributed by atoms with E-state index >= 15 is 0 Å². The molecule has 2 N–H and O–H groups in total. The number of primary amides is 1. The van der Waals surface area contributed by atoms with E-state index in [2.05, 4.69) is 0 Å². The number of nitrogens with two attached hydrogens (primary N) is 1. The number of hydrogen-bond acceptors (Lipinski definition) is 3. The predicted molar refractivity (Wildman–Crippen MR) is 73.2 cm³/mol. The Morgan fingerprint density at radius 2 is 2.16 bits per heavy atom. The maximum absolute atomic E-state index is 12.0. The van der Waals surface area contributed by atoms with Gasteiger partial charge in [0.15, 0.2) is 0 Å². The molecule has 0 aliphatic rings. The summed E-state index contributed by atoms with van der Waals surface area (Å²) in [6, 6.07) is 3.60. The third-order valence-electron chi connectivity index (χ3n) is 2.59. The van der Waals surface area contributed by atoms with Crippen molar-refractivity contribution in [1.29, 1.82) is 0 Å². The minimum Gasteiger partial charge on any atom is -0.462 e. The molecule has 0 spiro atoms. The van der Waals surface area contributed by atoms with Crippen LogP contribution in [0.2, 0.25) is 0 Å². The maximum atomic E-state index is 12.0. The fourth-order valence-corrected chi connectivity index (χ4v) is 1.61. The van der Waals surface area contributed by atoms with Crippen molar-refractivity contribution in [2.45, 2.75) is 26.7 Å². The molecule has 1 rings (SSSR count). The molecule has 0 aliphatic heterocycles. The third-order valence-corrected chi connectivity index (χ3v) is 2.59. The van der Waals surface area contributed by atoms with E-state index < -0.39 is 5.91 Å². The van der Waals surface area contributed by atoms with Crippen LogP contribution in [0.3, 0.4) is 0 Å². The van der Waals surface area contributed by atoms with Gasteiger partial charge in [0.2, 0.25) is 11.8 Å². The van der Waals surface area contributed by atoms with Gasteiger partial charge in [-0.05, 0) is 31.6 Å². The molecule has 0 saturated heterocycles. The van der Waals surface area contributed by atoms with E-state index in [1.807, 2.05) is 19.9 Å². The fraction of sp³-hybridized carbons (Fsp3) is 0.429. The molecule has 1 heterocycles. The van der Waals surface area contributed by atoms with Crippen molar-refractivity contribution in [2.24, 2.45) is 5.73 Å². The van der Waals surface area contributed by atoms with Gasteiger partial charge >= 0.3 is 0 Å². The molecule has 0 radical (unpaired) electrons. The van der Waals surface area contributed by atoms with Gasteiger partial charge in [-0.25, -0.2) is 0 Å². The number of amides is 2. The van der Waals surface area contributed by atoms with Crippen LogP contribution >= 0.6 is 0 Å². The number of rotatable bonds is 7. The summed E-state index contributed by atoms with van der Waals surface area (Å²) < 4.78 is 5.33. The van der Waals surface area contributed by atoms with Crippen molar-refractivity contribution < 1.29 is 14.0 Å². The zero-order valence-electron chi connectivity index (χ0n) is 11.4. The maximum Gasteiger partial charge on any atom is 0.247 e. The van der Waals surface area contributed by atoms with Crippen LogP contribution in [-0.4, -0.2) is 29.8 Å². The van der Waals surface area contributed by atoms with Crippen LogP contribution in [0.4, 0.5) is 0 Å². The first-order chi connectivity index (χ1) is 9.02. The Kier molecular flexibility index (Phi) is 5.85. The lowest BCUT2D eigenvalue weighted by Crippen LogP contribution is -2.38. The van der Waals surface area contributed by atoms with Gasteiger partial charge < -0.3 is 15.1 Å². The van der Waals surface area contributed by atoms with Gasteiger partial charge in [0.25, 0.3) is 0 Å². The first-order valence-electron chi connectivity index (χ1n) is 6.34. The molecule has 104 valence electrons. The molecular weight excluding hydrogens is 244 g/mol. The monoisotopic (exact) mass is 264 g/mol. The number of hydrogen-bond donors (Lipinski definition) is 1. The Bertz CT molecular complexity index is 463. The van der Waals surface area contributed by atoms with E-state index in [9.17, 15) is 9.59 Å². The van der Waals surface area contributed by atoms with Crippen molar-refractivity contribution in [3.63, 3.8) is 0 Å². The molecule has 0 saturated carbocycles. The van der Waals surface area contributed by atoms with Crippen LogP contribution < -0.4 is 5.73 Å². The summed E-state index contributed by atoms with van der Waals surface area (Å²) in [5.74, 6) is 0.653. The lowest BCUT2D eigenvalue weighted by molar-refractivity contribution is -0.131. The van der Waals surface area contributed by atoms with Crippen LogP contribution in [0.25, 0.3) is 6.08 Å². The molecular formula is C14H20N2O3. The van der Waals surface area contributed by atoms with Crippen molar-refractivity contribution in [2.75, 3.05) is 13.1 Å². The molecule has 0 unspecified atom stereocenters. The van der Waals surface area contributed by atoms with E-state index in [-0.39, 0.29) is 12.5 Å². The molecule has 0 aliphatic carbocycles. The van der Waals surface area contributed by atoms with Gasteiger partial charge in [-0.3, -0.25) is 9.59 Å². The first-order valence-corrected chi connectivity index (χ1v) is 6.34. The molecule has 5 heteroatoms. The number of carbonyl (C=O) groups is 2. The van der Waals surface area contributed by atoms with Crippen LogP contribution in [0.1, 0.15) is 31.3 Å². The number of nitrogens with zero attached hydrogens (tertiary/aromatic N) is 1. The van der Waals surface area contributed by atoms with Crippen molar-refractivity contribution in [3.05, 3.63) is 29.7 Å². The van der Waals surface area contributed by atoms with Gasteiger partial charge in [-0.1, -0.05) is 13.3 Å². The molecule has 1 aromatic rings. The lowest BCUT2D eigenvalue weighted by Gasteiger charge is -2.18. The second-order valence-corrected chi connectivity index (χ2v) is 4.36. The third kappa shape index (κ3) is 5.42. The first kappa shape index (κ1) is 15.0. The van der Waals surface area contributed by atoms with E-state index in [1.165, 1.54) is 11.0 Å². The average Bonchev–Trinajstić information content (AvgIpc) is 2.77. The topological polar surface area (TPSA) is 76.5 Å². The summed E-state index contributed by atoms with van der Waals surface area (Å²) >= 11 is 0. The summed E-state index contributed by atoms with van der Waals surface area (Å²) in [5, 5.41) is 0. The zero-order valence-corrected chi connectivity index (χ0v) is 11.4. The number of carbonyl (C=O) groups excluding carboxylic acids is 2. The van der Waals surface area contributed by atoms with Crippen LogP contribution in [0.5, 0.6) is 0 Å². The normalized spacial score (nSPS) is 10.8. The minimum absolute atomic E-state index is 0.0552. The smallest absolute Gasteiger partial charge is 0.247 e. The second kappa shape index (κ2) is 7.41. The molecule has 1 aromatic heterocycles. The summed E-state index contributed by atoms with van der Waals surface area (Å²) in [6.07, 6.45) is 4.78. The number of furan rings is 1. The highest BCUT2D eigenvalue weighted by Crippen LogP contribution is 2.08. The molecule has 0 fully saturated rings. The van der Waals surface area contributed by atoms with Gasteiger partial charge in [-0.2, -0.15) is 0 Å². The predicted octanol–water partition coefficient (Wildman–Crippen LogP) is 1.72. The number of unbranched alkanes of at least 4 members (excludes halogenated alkanes) is 1. The second-order valence-electron chi connectivity index (χ2n) is 4.36. The van der Waals surface area contributed by atoms with Crippen molar-refractivity contribution in [3.8, 4) is 0 Å². The minimum atomic E-state index is -0.508. The quantitative estimate of drug-likeness (QED) is 0.762. The number of aryl methyl sites for hydroxylation is 1. The molecule has 0 aromatic carbocycles. The highest BCUT2D eigenvalue weighted by atomic mass is 16.3. The van der Waals surface area contributed by atoms with Crippen LogP contribution in [0.15, 0.2) is 22.6 Å². The van der Waals surface area contributed by atoms with Gasteiger partial charge in [0.05, 0.1) is 6.54 Å². The Morgan fingerprint density at radius 1 is 1.42 bits per heavy atom. The van der Waals surface area contributed by atoms with E-state index in [1.54, 1.807) is 12.1 Å². The Labute approximate surface area is 113 Å². The Morgan fingerprint density at radius 3 is 2.68 bits per heavy atom. The standard InChI is InChI=1S/C14H20N2O3/c1-3-4-9-16(10-13(15)17)14(18)8-7-12-6-5-11(2)19-12/h5-8H,3-4,9-10H2,1-2H3,(H2,15,17)/b8-7-. The Hall–Kier alpha value is -2.04. The zero-order chi connectivity index (χ0) is 14.3. The summed E-state index contributed by atoms with van der Waals surface area (Å²) in [7, 11) is 0. The Balaban J connectivity index is 2.64. The van der Waals surface area contributed by atoms with Crippen molar-refractivity contribution in [1.82, 2.24) is 4.90 Å². The highest BCUT2D eigenvalue weighted by molar-refractivity contribution is 5.93. The van der Waals surface area contributed by atoms with E-state index in [0.29, 0.717) is 12.3 Å². The molecule has 0 bridgehead atoms. The average molecular weight is 264 g/mol. The SMILES string of the molecule is CCCCN(CC(N)=O)C(=O)/C=C\c1ccc(C)o1. The van der Waals surface area contributed by atoms with Crippen LogP contribution in [0, 0.1) is 6.92 Å². The lowest BCUT2D eigenvalue weighted by atomic mass is 10.3. The van der Waals surface area contributed by atoms with Gasteiger partial charge in [0, 0.05) is 12.6 Å².